The van der Waals surface area contributed by atoms with Crippen molar-refractivity contribution in [2.24, 2.45) is 5.92 Å². The Morgan fingerprint density at radius 1 is 1.20 bits per heavy atom. The van der Waals surface area contributed by atoms with Crippen molar-refractivity contribution in [3.05, 3.63) is 34.9 Å². The van der Waals surface area contributed by atoms with Gasteiger partial charge in [0.2, 0.25) is 0 Å². The Morgan fingerprint density at radius 2 is 1.93 bits per heavy atom. The maximum absolute atomic E-state index is 3.50. The predicted octanol–water partition coefficient (Wildman–Crippen LogP) is 3.44. The Kier molecular flexibility index (Phi) is 4.83. The second-order valence-electron chi connectivity index (χ2n) is 4.79. The minimum absolute atomic E-state index is 0.788. The third-order valence-electron chi connectivity index (χ3n) is 2.72. The van der Waals surface area contributed by atoms with Crippen LogP contribution in [0.5, 0.6) is 0 Å². The predicted molar refractivity (Wildman–Crippen MR) is 67.1 cm³/mol. The summed E-state index contributed by atoms with van der Waals surface area (Å²) in [7, 11) is 0. The van der Waals surface area contributed by atoms with Crippen LogP contribution in [-0.2, 0) is 6.54 Å². The monoisotopic (exact) mass is 205 g/mol. The van der Waals surface area contributed by atoms with Crippen LogP contribution in [0.25, 0.3) is 0 Å². The largest absolute Gasteiger partial charge is 0.313 e. The van der Waals surface area contributed by atoms with Gasteiger partial charge >= 0.3 is 0 Å². The molecule has 0 aliphatic carbocycles. The zero-order valence-electron chi connectivity index (χ0n) is 10.4. The molecule has 1 nitrogen and oxygen atoms in total. The van der Waals surface area contributed by atoms with Crippen molar-refractivity contribution in [3.8, 4) is 0 Å². The van der Waals surface area contributed by atoms with Crippen molar-refractivity contribution in [1.82, 2.24) is 5.32 Å². The lowest BCUT2D eigenvalue weighted by Gasteiger charge is -2.09. The van der Waals surface area contributed by atoms with Crippen molar-refractivity contribution in [2.45, 2.75) is 40.7 Å². The molecule has 0 saturated heterocycles. The fourth-order valence-electron chi connectivity index (χ4n) is 1.60. The summed E-state index contributed by atoms with van der Waals surface area (Å²) >= 11 is 0. The van der Waals surface area contributed by atoms with Gasteiger partial charge in [-0.2, -0.15) is 0 Å². The first kappa shape index (κ1) is 12.3. The molecular weight excluding hydrogens is 182 g/mol. The highest BCUT2D eigenvalue weighted by Gasteiger charge is 1.98. The number of rotatable bonds is 5. The molecule has 1 N–H and O–H groups in total. The zero-order valence-corrected chi connectivity index (χ0v) is 10.4. The fourth-order valence-corrected chi connectivity index (χ4v) is 1.60. The number of aryl methyl sites for hydroxylation is 2. The van der Waals surface area contributed by atoms with Gasteiger partial charge in [-0.3, -0.25) is 0 Å². The highest BCUT2D eigenvalue weighted by atomic mass is 14.8. The summed E-state index contributed by atoms with van der Waals surface area (Å²) in [6, 6.07) is 6.65. The summed E-state index contributed by atoms with van der Waals surface area (Å²) in [4.78, 5) is 0. The van der Waals surface area contributed by atoms with Crippen LogP contribution in [-0.4, -0.2) is 6.54 Å². The lowest BCUT2D eigenvalue weighted by atomic mass is 10.1. The molecule has 1 aromatic rings. The van der Waals surface area contributed by atoms with Crippen LogP contribution in [0.4, 0.5) is 0 Å². The molecule has 0 saturated carbocycles. The molecule has 0 unspecified atom stereocenters. The van der Waals surface area contributed by atoms with E-state index in [2.05, 4.69) is 51.2 Å². The Morgan fingerprint density at radius 3 is 2.60 bits per heavy atom. The van der Waals surface area contributed by atoms with E-state index in [1.807, 2.05) is 0 Å². The van der Waals surface area contributed by atoms with Crippen LogP contribution < -0.4 is 5.32 Å². The molecule has 0 bridgehead atoms. The zero-order chi connectivity index (χ0) is 11.3. The van der Waals surface area contributed by atoms with E-state index in [9.17, 15) is 0 Å². The average Bonchev–Trinajstić information content (AvgIpc) is 2.17. The topological polar surface area (TPSA) is 12.0 Å². The van der Waals surface area contributed by atoms with Gasteiger partial charge in [-0.05, 0) is 43.9 Å². The molecule has 0 spiro atoms. The molecule has 1 heteroatoms. The quantitative estimate of drug-likeness (QED) is 0.726. The van der Waals surface area contributed by atoms with E-state index >= 15 is 0 Å². The second-order valence-corrected chi connectivity index (χ2v) is 4.79. The van der Waals surface area contributed by atoms with Crippen molar-refractivity contribution in [1.29, 1.82) is 0 Å². The molecule has 0 amide bonds. The normalized spacial score (nSPS) is 11.0. The van der Waals surface area contributed by atoms with Crippen molar-refractivity contribution in [3.63, 3.8) is 0 Å². The molecule has 0 heterocycles. The van der Waals surface area contributed by atoms with Crippen LogP contribution >= 0.6 is 0 Å². The molecule has 0 aromatic heterocycles. The smallest absolute Gasteiger partial charge is 0.0208 e. The number of benzene rings is 1. The van der Waals surface area contributed by atoms with E-state index in [-0.39, 0.29) is 0 Å². The van der Waals surface area contributed by atoms with Crippen molar-refractivity contribution < 1.29 is 0 Å². The van der Waals surface area contributed by atoms with Gasteiger partial charge in [0.05, 0.1) is 0 Å². The molecule has 0 aliphatic heterocycles. The summed E-state index contributed by atoms with van der Waals surface area (Å²) in [5, 5.41) is 3.50. The van der Waals surface area contributed by atoms with Crippen molar-refractivity contribution >= 4 is 0 Å². The summed E-state index contributed by atoms with van der Waals surface area (Å²) in [5.41, 5.74) is 4.16. The maximum atomic E-state index is 3.50. The Balaban J connectivity index is 2.40. The first-order chi connectivity index (χ1) is 7.09. The summed E-state index contributed by atoms with van der Waals surface area (Å²) in [6.07, 6.45) is 1.25. The van der Waals surface area contributed by atoms with E-state index in [4.69, 9.17) is 0 Å². The van der Waals surface area contributed by atoms with Gasteiger partial charge in [0.1, 0.15) is 0 Å². The van der Waals surface area contributed by atoms with Gasteiger partial charge in [0, 0.05) is 6.54 Å². The molecule has 0 radical (unpaired) electrons. The molecule has 0 aliphatic rings. The molecule has 84 valence electrons. The molecule has 0 fully saturated rings. The lowest BCUT2D eigenvalue weighted by molar-refractivity contribution is 0.537. The van der Waals surface area contributed by atoms with Crippen LogP contribution in [0.15, 0.2) is 18.2 Å². The van der Waals surface area contributed by atoms with Crippen molar-refractivity contribution in [2.75, 3.05) is 6.54 Å². The number of hydrogen-bond acceptors (Lipinski definition) is 1. The van der Waals surface area contributed by atoms with Crippen LogP contribution in [0.1, 0.15) is 37.0 Å². The first-order valence-electron chi connectivity index (χ1n) is 5.86. The first-order valence-corrected chi connectivity index (χ1v) is 5.86. The molecule has 15 heavy (non-hydrogen) atoms. The van der Waals surface area contributed by atoms with E-state index < -0.39 is 0 Å². The minimum Gasteiger partial charge on any atom is -0.313 e. The lowest BCUT2D eigenvalue weighted by Crippen LogP contribution is -2.16. The SMILES string of the molecule is Cc1ccc(C)c(CNCCC(C)C)c1. The second kappa shape index (κ2) is 5.92. The number of nitrogens with one attached hydrogen (secondary N) is 1. The highest BCUT2D eigenvalue weighted by Crippen LogP contribution is 2.10. The standard InChI is InChI=1S/C14H23N/c1-11(2)7-8-15-10-14-9-12(3)5-6-13(14)4/h5-6,9,11,15H,7-8,10H2,1-4H3. The summed E-state index contributed by atoms with van der Waals surface area (Å²) < 4.78 is 0. The fraction of sp³-hybridized carbons (Fsp3) is 0.571. The summed E-state index contributed by atoms with van der Waals surface area (Å²) in [5.74, 6) is 0.788. The van der Waals surface area contributed by atoms with Gasteiger partial charge < -0.3 is 5.32 Å². The van der Waals surface area contributed by atoms with Gasteiger partial charge in [0.25, 0.3) is 0 Å². The van der Waals surface area contributed by atoms with E-state index in [1.54, 1.807) is 0 Å². The average molecular weight is 205 g/mol. The molecule has 0 atom stereocenters. The van der Waals surface area contributed by atoms with E-state index in [1.165, 1.54) is 23.1 Å². The summed E-state index contributed by atoms with van der Waals surface area (Å²) in [6.45, 7) is 11.0. The van der Waals surface area contributed by atoms with Gasteiger partial charge in [-0.15, -0.1) is 0 Å². The van der Waals surface area contributed by atoms with Crippen LogP contribution in [0.2, 0.25) is 0 Å². The molecular formula is C14H23N. The van der Waals surface area contributed by atoms with Gasteiger partial charge in [0.15, 0.2) is 0 Å². The molecule has 1 aromatic carbocycles. The third-order valence-corrected chi connectivity index (χ3v) is 2.72. The minimum atomic E-state index is 0.788. The van der Waals surface area contributed by atoms with Crippen LogP contribution in [0.3, 0.4) is 0 Å². The third kappa shape index (κ3) is 4.48. The van der Waals surface area contributed by atoms with E-state index in [0.29, 0.717) is 0 Å². The van der Waals surface area contributed by atoms with Gasteiger partial charge in [-0.25, -0.2) is 0 Å². The highest BCUT2D eigenvalue weighted by molar-refractivity contribution is 5.30. The van der Waals surface area contributed by atoms with Crippen LogP contribution in [0, 0.1) is 19.8 Å². The Bertz CT molecular complexity index is 302. The van der Waals surface area contributed by atoms with E-state index in [0.717, 1.165) is 19.0 Å². The Labute approximate surface area is 93.9 Å². The Hall–Kier alpha value is -0.820. The molecule has 1 rings (SSSR count). The maximum Gasteiger partial charge on any atom is 0.0208 e. The number of hydrogen-bond donors (Lipinski definition) is 1. The van der Waals surface area contributed by atoms with Gasteiger partial charge in [-0.1, -0.05) is 37.6 Å².